The molecule has 6 nitrogen and oxygen atoms in total. The number of aromatic hydroxyl groups is 1. The van der Waals surface area contributed by atoms with E-state index in [4.69, 9.17) is 9.47 Å². The van der Waals surface area contributed by atoms with Crippen molar-refractivity contribution < 1.29 is 19.4 Å². The van der Waals surface area contributed by atoms with Crippen LogP contribution in [0.15, 0.2) is 41.4 Å². The molecule has 0 aliphatic carbocycles. The van der Waals surface area contributed by atoms with Gasteiger partial charge in [0.25, 0.3) is 0 Å². The fourth-order valence-electron chi connectivity index (χ4n) is 2.85. The number of rotatable bonds is 3. The van der Waals surface area contributed by atoms with Crippen molar-refractivity contribution in [2.45, 2.75) is 0 Å². The van der Waals surface area contributed by atoms with E-state index < -0.39 is 0 Å². The van der Waals surface area contributed by atoms with Crippen LogP contribution in [0.5, 0.6) is 17.2 Å². The molecule has 2 N–H and O–H groups in total. The highest BCUT2D eigenvalue weighted by Crippen LogP contribution is 2.37. The lowest BCUT2D eigenvalue weighted by Crippen LogP contribution is -2.11. The van der Waals surface area contributed by atoms with E-state index in [1.807, 2.05) is 0 Å². The molecule has 4 rings (SSSR count). The number of nitrogens with one attached hydrogen (secondary N) is 1. The zero-order valence-electron chi connectivity index (χ0n) is 13.1. The largest absolute Gasteiger partial charge is 0.505 e. The predicted molar refractivity (Wildman–Crippen MR) is 90.0 cm³/mol. The van der Waals surface area contributed by atoms with E-state index >= 15 is 0 Å². The van der Waals surface area contributed by atoms with Gasteiger partial charge in [0, 0.05) is 17.5 Å². The molecular formula is C18H14N2O4. The number of fused-ring (bicyclic) bond motifs is 2. The maximum Gasteiger partial charge on any atom is 0.215 e. The van der Waals surface area contributed by atoms with Crippen LogP contribution in [0, 0.1) is 0 Å². The van der Waals surface area contributed by atoms with Gasteiger partial charge in [0.05, 0.1) is 31.0 Å². The molecule has 0 saturated heterocycles. The molecule has 24 heavy (non-hydrogen) atoms. The van der Waals surface area contributed by atoms with Gasteiger partial charge in [-0.2, -0.15) is 0 Å². The minimum atomic E-state index is -0.235. The number of hydrogen-bond donors (Lipinski definition) is 2. The van der Waals surface area contributed by atoms with Gasteiger partial charge >= 0.3 is 0 Å². The van der Waals surface area contributed by atoms with Crippen LogP contribution in [0.25, 0.3) is 10.9 Å². The van der Waals surface area contributed by atoms with Crippen LogP contribution in [-0.2, 0) is 0 Å². The Hall–Kier alpha value is -3.28. The zero-order chi connectivity index (χ0) is 16.8. The molecule has 0 radical (unpaired) electrons. The summed E-state index contributed by atoms with van der Waals surface area (Å²) in [7, 11) is 3.12. The molecule has 0 saturated carbocycles. The van der Waals surface area contributed by atoms with Gasteiger partial charge < -0.3 is 19.6 Å². The number of benzene rings is 2. The van der Waals surface area contributed by atoms with Crippen LogP contribution in [0.3, 0.4) is 0 Å². The van der Waals surface area contributed by atoms with E-state index in [1.165, 1.54) is 0 Å². The number of aromatic nitrogens is 1. The van der Waals surface area contributed by atoms with Crippen LogP contribution in [0.1, 0.15) is 16.1 Å². The smallest absolute Gasteiger partial charge is 0.215 e. The van der Waals surface area contributed by atoms with Crippen LogP contribution >= 0.6 is 0 Å². The monoisotopic (exact) mass is 322 g/mol. The summed E-state index contributed by atoms with van der Waals surface area (Å²) >= 11 is 0. The number of ether oxygens (including phenoxy) is 2. The molecule has 0 amide bonds. The van der Waals surface area contributed by atoms with Gasteiger partial charge in [-0.05, 0) is 24.3 Å². The number of aromatic amines is 1. The number of ketones is 1. The highest BCUT2D eigenvalue weighted by atomic mass is 16.5. The van der Waals surface area contributed by atoms with Crippen molar-refractivity contribution in [2.24, 2.45) is 4.99 Å². The predicted octanol–water partition coefficient (Wildman–Crippen LogP) is 3.21. The summed E-state index contributed by atoms with van der Waals surface area (Å²) in [6.45, 7) is 0. The number of carbonyl (C=O) groups is 1. The van der Waals surface area contributed by atoms with Crippen LogP contribution in [0.4, 0.5) is 5.69 Å². The summed E-state index contributed by atoms with van der Waals surface area (Å²) in [5, 5.41) is 11.1. The highest BCUT2D eigenvalue weighted by Gasteiger charge is 2.30. The van der Waals surface area contributed by atoms with E-state index in [0.717, 1.165) is 0 Å². The van der Waals surface area contributed by atoms with Crippen molar-refractivity contribution >= 4 is 28.1 Å². The normalized spacial score (nSPS) is 13.1. The van der Waals surface area contributed by atoms with Crippen molar-refractivity contribution in [3.63, 3.8) is 0 Å². The second kappa shape index (κ2) is 5.13. The van der Waals surface area contributed by atoms with Gasteiger partial charge in [0.15, 0.2) is 5.75 Å². The Labute approximate surface area is 137 Å². The Balaban J connectivity index is 1.86. The van der Waals surface area contributed by atoms with Crippen LogP contribution < -0.4 is 9.47 Å². The maximum absolute atomic E-state index is 12.6. The van der Waals surface area contributed by atoms with E-state index in [1.54, 1.807) is 50.6 Å². The summed E-state index contributed by atoms with van der Waals surface area (Å²) in [5.41, 5.74) is 2.18. The zero-order valence-corrected chi connectivity index (χ0v) is 13.1. The first-order valence-corrected chi connectivity index (χ1v) is 7.33. The van der Waals surface area contributed by atoms with Gasteiger partial charge in [0.1, 0.15) is 22.9 Å². The molecule has 0 atom stereocenters. The Morgan fingerprint density at radius 2 is 1.75 bits per heavy atom. The lowest BCUT2D eigenvalue weighted by Gasteiger charge is -2.00. The summed E-state index contributed by atoms with van der Waals surface area (Å²) in [5.74, 6) is 1.04. The van der Waals surface area contributed by atoms with E-state index in [0.29, 0.717) is 39.3 Å². The summed E-state index contributed by atoms with van der Waals surface area (Å²) in [4.78, 5) is 20.1. The van der Waals surface area contributed by atoms with E-state index in [9.17, 15) is 9.90 Å². The topological polar surface area (TPSA) is 83.9 Å². The first kappa shape index (κ1) is 14.3. The number of nitrogens with zero attached hydrogens (tertiary/aromatic N) is 1. The Morgan fingerprint density at radius 1 is 1.04 bits per heavy atom. The molecule has 120 valence electrons. The third-order valence-corrected chi connectivity index (χ3v) is 4.11. The molecule has 0 bridgehead atoms. The average Bonchev–Trinajstić information content (AvgIpc) is 3.11. The van der Waals surface area contributed by atoms with Gasteiger partial charge in [-0.3, -0.25) is 4.79 Å². The first-order chi connectivity index (χ1) is 11.6. The Bertz CT molecular complexity index is 1020. The fraction of sp³-hybridized carbons (Fsp3) is 0.111. The number of hydrogen-bond acceptors (Lipinski definition) is 5. The van der Waals surface area contributed by atoms with Crippen molar-refractivity contribution in [3.05, 3.63) is 47.7 Å². The third-order valence-electron chi connectivity index (χ3n) is 4.11. The number of carbonyl (C=O) groups excluding carboxylic acids is 1. The van der Waals surface area contributed by atoms with E-state index in [-0.39, 0.29) is 17.2 Å². The number of Topliss-reactive ketones (excluding diaryl/α,β-unsaturated/α-hetero) is 1. The molecule has 0 fully saturated rings. The summed E-state index contributed by atoms with van der Waals surface area (Å²) in [6.07, 6.45) is 0. The molecule has 0 spiro atoms. The highest BCUT2D eigenvalue weighted by molar-refractivity contribution is 6.55. The molecule has 2 heterocycles. The van der Waals surface area contributed by atoms with Gasteiger partial charge in [0.2, 0.25) is 5.78 Å². The van der Waals surface area contributed by atoms with E-state index in [2.05, 4.69) is 9.98 Å². The van der Waals surface area contributed by atoms with Gasteiger partial charge in [-0.15, -0.1) is 0 Å². The molecule has 6 heteroatoms. The second-order valence-corrected chi connectivity index (χ2v) is 5.43. The lowest BCUT2D eigenvalue weighted by atomic mass is 10.1. The number of aliphatic imine (C=N–C) groups is 1. The fourth-order valence-corrected chi connectivity index (χ4v) is 2.85. The van der Waals surface area contributed by atoms with Crippen LogP contribution in [-0.4, -0.2) is 35.8 Å². The molecular weight excluding hydrogens is 308 g/mol. The Morgan fingerprint density at radius 3 is 2.50 bits per heavy atom. The van der Waals surface area contributed by atoms with Gasteiger partial charge in [-0.25, -0.2) is 4.99 Å². The lowest BCUT2D eigenvalue weighted by molar-refractivity contribution is 0.107. The minimum Gasteiger partial charge on any atom is -0.505 e. The first-order valence-electron chi connectivity index (χ1n) is 7.33. The summed E-state index contributed by atoms with van der Waals surface area (Å²) < 4.78 is 10.3. The molecule has 1 aliphatic heterocycles. The van der Waals surface area contributed by atoms with Crippen molar-refractivity contribution in [3.8, 4) is 17.2 Å². The third kappa shape index (κ3) is 1.96. The quantitative estimate of drug-likeness (QED) is 0.775. The van der Waals surface area contributed by atoms with Crippen molar-refractivity contribution in [1.29, 1.82) is 0 Å². The van der Waals surface area contributed by atoms with Crippen molar-refractivity contribution in [1.82, 2.24) is 4.98 Å². The molecule has 3 aromatic rings. The Kier molecular flexibility index (Phi) is 3.06. The molecule has 1 aliphatic rings. The van der Waals surface area contributed by atoms with Gasteiger partial charge in [-0.1, -0.05) is 0 Å². The molecule has 2 aromatic carbocycles. The van der Waals surface area contributed by atoms with Crippen molar-refractivity contribution in [2.75, 3.05) is 14.2 Å². The van der Waals surface area contributed by atoms with Crippen LogP contribution in [0.2, 0.25) is 0 Å². The second-order valence-electron chi connectivity index (χ2n) is 5.43. The number of H-pyrrole nitrogens is 1. The number of methoxy groups -OCH3 is 2. The summed E-state index contributed by atoms with van der Waals surface area (Å²) in [6, 6.07) is 10.3. The standard InChI is InChI=1S/C18H14N2O4/c1-23-9-3-5-11-13(7-9)19-15(17(11)21)16-18(22)12-6-4-10(24-2)8-14(12)20-16/h3-8,19,21H,1-2H3. The average molecular weight is 322 g/mol. The molecule has 0 unspecified atom stereocenters. The molecule has 1 aromatic heterocycles. The SMILES string of the molecule is COc1ccc2c(c1)N=C(c1[nH]c3cc(OC)ccc3c1O)C2=O. The maximum atomic E-state index is 12.6. The minimum absolute atomic E-state index is 0.000441.